The molecular formula is C14H12N6. The second-order valence-electron chi connectivity index (χ2n) is 4.71. The molecule has 3 heterocycles. The van der Waals surface area contributed by atoms with Gasteiger partial charge in [0.2, 0.25) is 0 Å². The van der Waals surface area contributed by atoms with Crippen LogP contribution < -0.4 is 0 Å². The van der Waals surface area contributed by atoms with Gasteiger partial charge in [0.05, 0.1) is 24.0 Å². The number of rotatable bonds is 1. The summed E-state index contributed by atoms with van der Waals surface area (Å²) in [6.45, 7) is 0.530. The molecule has 0 saturated heterocycles. The molecule has 0 unspecified atom stereocenters. The number of hydrogen-bond acceptors (Lipinski definition) is 4. The molecule has 0 N–H and O–H groups in total. The summed E-state index contributed by atoms with van der Waals surface area (Å²) in [6, 6.07) is 8.11. The summed E-state index contributed by atoms with van der Waals surface area (Å²) in [7, 11) is 1.89. The Morgan fingerprint density at radius 3 is 2.90 bits per heavy atom. The van der Waals surface area contributed by atoms with Crippen LogP contribution in [0.3, 0.4) is 0 Å². The molecule has 0 saturated carbocycles. The summed E-state index contributed by atoms with van der Waals surface area (Å²) in [5.74, 6) is 1.64. The van der Waals surface area contributed by atoms with Gasteiger partial charge in [-0.05, 0) is 6.07 Å². The largest absolute Gasteiger partial charge is 0.284 e. The molecule has 0 fully saturated rings. The van der Waals surface area contributed by atoms with E-state index in [9.17, 15) is 0 Å². The van der Waals surface area contributed by atoms with E-state index in [1.807, 2.05) is 37.7 Å². The second-order valence-corrected chi connectivity index (χ2v) is 4.71. The normalized spacial score (nSPS) is 12.8. The summed E-state index contributed by atoms with van der Waals surface area (Å²) in [4.78, 5) is 4.40. The van der Waals surface area contributed by atoms with E-state index in [2.05, 4.69) is 30.9 Å². The van der Waals surface area contributed by atoms with Gasteiger partial charge in [-0.15, -0.1) is 10.2 Å². The van der Waals surface area contributed by atoms with Crippen LogP contribution in [0.15, 0.2) is 41.7 Å². The molecule has 1 aliphatic rings. The number of aromatic nitrogens is 5. The summed E-state index contributed by atoms with van der Waals surface area (Å²) < 4.78 is 3.81. The van der Waals surface area contributed by atoms with Crippen molar-refractivity contribution in [2.75, 3.05) is 0 Å². The van der Waals surface area contributed by atoms with E-state index in [0.717, 1.165) is 28.5 Å². The summed E-state index contributed by atoms with van der Waals surface area (Å²) in [5.41, 5.74) is 3.06. The highest BCUT2D eigenvalue weighted by atomic mass is 15.3. The molecule has 0 amide bonds. The fourth-order valence-corrected chi connectivity index (χ4v) is 2.42. The van der Waals surface area contributed by atoms with Crippen LogP contribution >= 0.6 is 0 Å². The van der Waals surface area contributed by atoms with Crippen molar-refractivity contribution in [3.63, 3.8) is 0 Å². The SMILES string of the molecule is Cn1cc(-c2nnc3n2-c2ccccc2C=NC3)cn1. The van der Waals surface area contributed by atoms with E-state index in [1.165, 1.54) is 0 Å². The Labute approximate surface area is 115 Å². The zero-order valence-electron chi connectivity index (χ0n) is 10.9. The molecule has 4 rings (SSSR count). The fourth-order valence-electron chi connectivity index (χ4n) is 2.42. The summed E-state index contributed by atoms with van der Waals surface area (Å²) >= 11 is 0. The first-order valence-corrected chi connectivity index (χ1v) is 6.35. The molecule has 0 atom stereocenters. The van der Waals surface area contributed by atoms with Gasteiger partial charge in [0.25, 0.3) is 0 Å². The van der Waals surface area contributed by atoms with Crippen molar-refractivity contribution in [2.45, 2.75) is 6.54 Å². The molecule has 0 radical (unpaired) electrons. The Hall–Kier alpha value is -2.76. The van der Waals surface area contributed by atoms with Crippen molar-refractivity contribution in [1.82, 2.24) is 24.5 Å². The van der Waals surface area contributed by atoms with Crippen LogP contribution in [-0.2, 0) is 13.6 Å². The highest BCUT2D eigenvalue weighted by Gasteiger charge is 2.19. The quantitative estimate of drug-likeness (QED) is 0.670. The first-order valence-electron chi connectivity index (χ1n) is 6.35. The number of para-hydroxylation sites is 1. The van der Waals surface area contributed by atoms with Crippen LogP contribution in [0.4, 0.5) is 0 Å². The van der Waals surface area contributed by atoms with Gasteiger partial charge >= 0.3 is 0 Å². The van der Waals surface area contributed by atoms with Gasteiger partial charge in [0.1, 0.15) is 0 Å². The Morgan fingerprint density at radius 1 is 1.15 bits per heavy atom. The fraction of sp³-hybridized carbons (Fsp3) is 0.143. The first-order chi connectivity index (χ1) is 9.83. The molecule has 98 valence electrons. The van der Waals surface area contributed by atoms with Crippen molar-refractivity contribution < 1.29 is 0 Å². The van der Waals surface area contributed by atoms with Gasteiger partial charge in [0.15, 0.2) is 11.6 Å². The Morgan fingerprint density at radius 2 is 2.05 bits per heavy atom. The van der Waals surface area contributed by atoms with E-state index in [1.54, 1.807) is 10.9 Å². The van der Waals surface area contributed by atoms with Gasteiger partial charge in [-0.1, -0.05) is 18.2 Å². The third kappa shape index (κ3) is 1.58. The van der Waals surface area contributed by atoms with Crippen molar-refractivity contribution in [3.8, 4) is 17.1 Å². The lowest BCUT2D eigenvalue weighted by Gasteiger charge is -2.09. The summed E-state index contributed by atoms with van der Waals surface area (Å²) in [6.07, 6.45) is 5.62. The lowest BCUT2D eigenvalue weighted by molar-refractivity contribution is 0.768. The molecule has 3 aromatic rings. The topological polar surface area (TPSA) is 60.9 Å². The van der Waals surface area contributed by atoms with Gasteiger partial charge in [-0.25, -0.2) is 0 Å². The number of aliphatic imine (C=N–C) groups is 1. The van der Waals surface area contributed by atoms with Crippen LogP contribution in [0.5, 0.6) is 0 Å². The monoisotopic (exact) mass is 264 g/mol. The molecule has 0 spiro atoms. The zero-order valence-corrected chi connectivity index (χ0v) is 10.9. The van der Waals surface area contributed by atoms with Crippen LogP contribution in [0.2, 0.25) is 0 Å². The van der Waals surface area contributed by atoms with Crippen molar-refractivity contribution in [3.05, 3.63) is 48.0 Å². The lowest BCUT2D eigenvalue weighted by atomic mass is 10.2. The standard InChI is InChI=1S/C14H12N6/c1-19-9-11(7-16-19)14-18-17-13-8-15-6-10-4-2-3-5-12(10)20(13)14/h2-7,9H,8H2,1H3. The average molecular weight is 264 g/mol. The number of aryl methyl sites for hydroxylation is 1. The number of nitrogens with zero attached hydrogens (tertiary/aromatic N) is 6. The molecule has 6 heteroatoms. The van der Waals surface area contributed by atoms with Crippen molar-refractivity contribution >= 4 is 6.21 Å². The van der Waals surface area contributed by atoms with Crippen LogP contribution in [-0.4, -0.2) is 30.8 Å². The summed E-state index contributed by atoms with van der Waals surface area (Å²) in [5, 5.41) is 12.8. The van der Waals surface area contributed by atoms with Gasteiger partial charge in [-0.3, -0.25) is 14.2 Å². The predicted octanol–water partition coefficient (Wildman–Crippen LogP) is 1.60. The zero-order chi connectivity index (χ0) is 13.5. The minimum absolute atomic E-state index is 0.530. The Balaban J connectivity index is 1.99. The molecule has 1 aliphatic heterocycles. The van der Waals surface area contributed by atoms with Gasteiger partial charge in [0, 0.05) is 25.0 Å². The molecule has 2 aromatic heterocycles. The van der Waals surface area contributed by atoms with Crippen LogP contribution in [0, 0.1) is 0 Å². The highest BCUT2D eigenvalue weighted by molar-refractivity contribution is 5.86. The van der Waals surface area contributed by atoms with E-state index in [-0.39, 0.29) is 0 Å². The average Bonchev–Trinajstić information content (AvgIpc) is 3.01. The first kappa shape index (κ1) is 11.1. The third-order valence-corrected chi connectivity index (χ3v) is 3.33. The molecule has 0 bridgehead atoms. The molecule has 0 aliphatic carbocycles. The molecule has 6 nitrogen and oxygen atoms in total. The predicted molar refractivity (Wildman–Crippen MR) is 74.9 cm³/mol. The van der Waals surface area contributed by atoms with Gasteiger partial charge in [-0.2, -0.15) is 5.10 Å². The Kier molecular flexibility index (Phi) is 2.29. The number of fused-ring (bicyclic) bond motifs is 3. The molecule has 1 aromatic carbocycles. The van der Waals surface area contributed by atoms with Crippen LogP contribution in [0.25, 0.3) is 17.1 Å². The second kappa shape index (κ2) is 4.12. The number of benzene rings is 1. The van der Waals surface area contributed by atoms with Gasteiger partial charge < -0.3 is 0 Å². The minimum Gasteiger partial charge on any atom is -0.284 e. The smallest absolute Gasteiger partial charge is 0.171 e. The van der Waals surface area contributed by atoms with Crippen molar-refractivity contribution in [2.24, 2.45) is 12.0 Å². The third-order valence-electron chi connectivity index (χ3n) is 3.33. The van der Waals surface area contributed by atoms with E-state index >= 15 is 0 Å². The Bertz CT molecular complexity index is 811. The molecular weight excluding hydrogens is 252 g/mol. The maximum atomic E-state index is 4.40. The number of hydrogen-bond donors (Lipinski definition) is 0. The minimum atomic E-state index is 0.530. The van der Waals surface area contributed by atoms with Crippen molar-refractivity contribution in [1.29, 1.82) is 0 Å². The maximum absolute atomic E-state index is 4.40. The van der Waals surface area contributed by atoms with E-state index in [4.69, 9.17) is 0 Å². The van der Waals surface area contributed by atoms with E-state index < -0.39 is 0 Å². The highest BCUT2D eigenvalue weighted by Crippen LogP contribution is 2.25. The molecule has 20 heavy (non-hydrogen) atoms. The lowest BCUT2D eigenvalue weighted by Crippen LogP contribution is -2.03. The maximum Gasteiger partial charge on any atom is 0.171 e. The van der Waals surface area contributed by atoms with Crippen LogP contribution in [0.1, 0.15) is 11.4 Å². The van der Waals surface area contributed by atoms with E-state index in [0.29, 0.717) is 6.54 Å².